The highest BCUT2D eigenvalue weighted by Crippen LogP contribution is 2.23. The molecule has 1 heterocycles. The number of alkyl halides is 3. The second-order valence-electron chi connectivity index (χ2n) is 5.40. The maximum atomic E-state index is 12.1. The van der Waals surface area contributed by atoms with Gasteiger partial charge >= 0.3 is 6.18 Å². The summed E-state index contributed by atoms with van der Waals surface area (Å²) in [7, 11) is 0. The molecule has 1 aliphatic heterocycles. The fraction of sp³-hybridized carbons (Fsp3) is 0.600. The molecule has 6 heteroatoms. The van der Waals surface area contributed by atoms with Crippen LogP contribution >= 0.6 is 0 Å². The molecule has 2 unspecified atom stereocenters. The van der Waals surface area contributed by atoms with Crippen molar-refractivity contribution in [3.8, 4) is 0 Å². The third kappa shape index (κ3) is 5.30. The molecule has 0 bridgehead atoms. The minimum Gasteiger partial charge on any atom is -0.371 e. The minimum atomic E-state index is -4.25. The van der Waals surface area contributed by atoms with E-state index in [9.17, 15) is 13.2 Å². The Balaban J connectivity index is 1.90. The molecule has 2 atom stereocenters. The topological polar surface area (TPSA) is 24.5 Å². The standard InChI is InChI=1S/C15H21F3N2O/c1-12-10-20(7-8-21-11-15(16,17)18)14(9-19-12)13-5-3-2-4-6-13/h2-6,12,14,19H,7-11H2,1H3. The van der Waals surface area contributed by atoms with Gasteiger partial charge in [-0.3, -0.25) is 4.90 Å². The van der Waals surface area contributed by atoms with E-state index in [1.807, 2.05) is 30.3 Å². The molecule has 1 aliphatic rings. The van der Waals surface area contributed by atoms with Crippen LogP contribution in [0.25, 0.3) is 0 Å². The number of benzene rings is 1. The van der Waals surface area contributed by atoms with Crippen LogP contribution < -0.4 is 5.32 Å². The summed E-state index contributed by atoms with van der Waals surface area (Å²) in [6.07, 6.45) is -4.25. The van der Waals surface area contributed by atoms with Gasteiger partial charge in [0.25, 0.3) is 0 Å². The first-order chi connectivity index (χ1) is 9.96. The highest BCUT2D eigenvalue weighted by atomic mass is 19.4. The SMILES string of the molecule is CC1CN(CCOCC(F)(F)F)C(c2ccccc2)CN1. The van der Waals surface area contributed by atoms with Crippen molar-refractivity contribution in [2.75, 3.05) is 32.8 Å². The smallest absolute Gasteiger partial charge is 0.371 e. The van der Waals surface area contributed by atoms with Crippen LogP contribution in [0, 0.1) is 0 Å². The van der Waals surface area contributed by atoms with Gasteiger partial charge in [0.15, 0.2) is 0 Å². The zero-order chi connectivity index (χ0) is 15.3. The lowest BCUT2D eigenvalue weighted by Crippen LogP contribution is -2.51. The number of halogens is 3. The summed E-state index contributed by atoms with van der Waals surface area (Å²) in [5.74, 6) is 0. The van der Waals surface area contributed by atoms with Crippen LogP contribution in [-0.2, 0) is 4.74 Å². The van der Waals surface area contributed by atoms with Crippen molar-refractivity contribution in [2.24, 2.45) is 0 Å². The van der Waals surface area contributed by atoms with Crippen LogP contribution in [0.3, 0.4) is 0 Å². The molecular weight excluding hydrogens is 281 g/mol. The molecule has 1 N–H and O–H groups in total. The zero-order valence-electron chi connectivity index (χ0n) is 12.1. The number of piperazine rings is 1. The van der Waals surface area contributed by atoms with E-state index in [-0.39, 0.29) is 12.6 Å². The molecule has 0 aliphatic carbocycles. The van der Waals surface area contributed by atoms with Crippen LogP contribution in [0.1, 0.15) is 18.5 Å². The van der Waals surface area contributed by atoms with E-state index in [1.165, 1.54) is 5.56 Å². The van der Waals surface area contributed by atoms with Crippen molar-refractivity contribution in [1.82, 2.24) is 10.2 Å². The molecule has 1 aromatic rings. The van der Waals surface area contributed by atoms with Crippen molar-refractivity contribution in [3.05, 3.63) is 35.9 Å². The van der Waals surface area contributed by atoms with E-state index < -0.39 is 12.8 Å². The Morgan fingerprint density at radius 2 is 2.00 bits per heavy atom. The Labute approximate surface area is 123 Å². The summed E-state index contributed by atoms with van der Waals surface area (Å²) in [6.45, 7) is 3.09. The third-order valence-corrected chi connectivity index (χ3v) is 3.58. The third-order valence-electron chi connectivity index (χ3n) is 3.58. The van der Waals surface area contributed by atoms with Crippen molar-refractivity contribution in [1.29, 1.82) is 0 Å². The lowest BCUT2D eigenvalue weighted by atomic mass is 10.0. The molecule has 0 amide bonds. The summed E-state index contributed by atoms with van der Waals surface area (Å²) >= 11 is 0. The Morgan fingerprint density at radius 1 is 1.29 bits per heavy atom. The van der Waals surface area contributed by atoms with Crippen LogP contribution in [0.2, 0.25) is 0 Å². The normalized spacial score (nSPS) is 24.2. The Kier molecular flexibility index (Phi) is 5.61. The largest absolute Gasteiger partial charge is 0.411 e. The molecular formula is C15H21F3N2O. The van der Waals surface area contributed by atoms with Gasteiger partial charge in [0.05, 0.1) is 6.61 Å². The first kappa shape index (κ1) is 16.3. The first-order valence-electron chi connectivity index (χ1n) is 7.12. The van der Waals surface area contributed by atoms with Gasteiger partial charge in [-0.05, 0) is 12.5 Å². The number of rotatable bonds is 5. The van der Waals surface area contributed by atoms with E-state index in [4.69, 9.17) is 4.74 Å². The summed E-state index contributed by atoms with van der Waals surface area (Å²) in [6, 6.07) is 10.5. The lowest BCUT2D eigenvalue weighted by Gasteiger charge is -2.39. The second kappa shape index (κ2) is 7.24. The molecule has 0 saturated carbocycles. The van der Waals surface area contributed by atoms with Gasteiger partial charge in [-0.15, -0.1) is 0 Å². The van der Waals surface area contributed by atoms with Gasteiger partial charge in [0, 0.05) is 31.7 Å². The van der Waals surface area contributed by atoms with E-state index in [0.717, 1.165) is 13.1 Å². The Morgan fingerprint density at radius 3 is 2.67 bits per heavy atom. The van der Waals surface area contributed by atoms with Gasteiger partial charge in [-0.1, -0.05) is 30.3 Å². The Bertz CT molecular complexity index is 425. The number of nitrogens with zero attached hydrogens (tertiary/aromatic N) is 1. The second-order valence-corrected chi connectivity index (χ2v) is 5.40. The molecule has 118 valence electrons. The summed E-state index contributed by atoms with van der Waals surface area (Å²) in [5, 5.41) is 3.41. The van der Waals surface area contributed by atoms with Gasteiger partial charge in [0.2, 0.25) is 0 Å². The minimum absolute atomic E-state index is 0.0928. The number of ether oxygens (including phenoxy) is 1. The molecule has 3 nitrogen and oxygen atoms in total. The lowest BCUT2D eigenvalue weighted by molar-refractivity contribution is -0.175. The van der Waals surface area contributed by atoms with Gasteiger partial charge in [0.1, 0.15) is 6.61 Å². The molecule has 1 saturated heterocycles. The quantitative estimate of drug-likeness (QED) is 0.846. The fourth-order valence-corrected chi connectivity index (χ4v) is 2.61. The van der Waals surface area contributed by atoms with E-state index >= 15 is 0 Å². The summed E-state index contributed by atoms with van der Waals surface area (Å²) in [5.41, 5.74) is 1.17. The highest BCUT2D eigenvalue weighted by molar-refractivity contribution is 5.20. The molecule has 1 fully saturated rings. The average molecular weight is 302 g/mol. The van der Waals surface area contributed by atoms with Crippen molar-refractivity contribution in [2.45, 2.75) is 25.2 Å². The molecule has 0 aromatic heterocycles. The average Bonchev–Trinajstić information content (AvgIpc) is 2.44. The van der Waals surface area contributed by atoms with Crippen molar-refractivity contribution >= 4 is 0 Å². The monoisotopic (exact) mass is 302 g/mol. The van der Waals surface area contributed by atoms with E-state index in [0.29, 0.717) is 12.6 Å². The zero-order valence-corrected chi connectivity index (χ0v) is 12.1. The van der Waals surface area contributed by atoms with E-state index in [1.54, 1.807) is 0 Å². The maximum absolute atomic E-state index is 12.1. The van der Waals surface area contributed by atoms with Gasteiger partial charge in [-0.25, -0.2) is 0 Å². The Hall–Kier alpha value is -1.11. The number of nitrogens with one attached hydrogen (secondary N) is 1. The molecule has 0 spiro atoms. The predicted octanol–water partition coefficient (Wildman–Crippen LogP) is 2.60. The molecule has 0 radical (unpaired) electrons. The van der Waals surface area contributed by atoms with Crippen molar-refractivity contribution in [3.63, 3.8) is 0 Å². The molecule has 21 heavy (non-hydrogen) atoms. The summed E-state index contributed by atoms with van der Waals surface area (Å²) < 4.78 is 41.0. The number of hydrogen-bond donors (Lipinski definition) is 1. The first-order valence-corrected chi connectivity index (χ1v) is 7.12. The predicted molar refractivity (Wildman–Crippen MR) is 75.1 cm³/mol. The maximum Gasteiger partial charge on any atom is 0.411 e. The summed E-state index contributed by atoms with van der Waals surface area (Å²) in [4.78, 5) is 2.19. The highest BCUT2D eigenvalue weighted by Gasteiger charge is 2.29. The molecule has 2 rings (SSSR count). The van der Waals surface area contributed by atoms with Gasteiger partial charge < -0.3 is 10.1 Å². The molecule has 1 aromatic carbocycles. The number of hydrogen-bond acceptors (Lipinski definition) is 3. The van der Waals surface area contributed by atoms with Gasteiger partial charge in [-0.2, -0.15) is 13.2 Å². The van der Waals surface area contributed by atoms with Crippen LogP contribution in [0.15, 0.2) is 30.3 Å². The van der Waals surface area contributed by atoms with Crippen LogP contribution in [0.5, 0.6) is 0 Å². The van der Waals surface area contributed by atoms with Crippen LogP contribution in [-0.4, -0.2) is 50.0 Å². The fourth-order valence-electron chi connectivity index (χ4n) is 2.61. The van der Waals surface area contributed by atoms with Crippen LogP contribution in [0.4, 0.5) is 13.2 Å². The van der Waals surface area contributed by atoms with E-state index in [2.05, 4.69) is 17.1 Å². The van der Waals surface area contributed by atoms with Crippen molar-refractivity contribution < 1.29 is 17.9 Å².